The van der Waals surface area contributed by atoms with Crippen molar-refractivity contribution in [3.63, 3.8) is 0 Å². The van der Waals surface area contributed by atoms with E-state index in [1.54, 1.807) is 7.11 Å². The van der Waals surface area contributed by atoms with Gasteiger partial charge in [-0.3, -0.25) is 9.79 Å². The van der Waals surface area contributed by atoms with Crippen molar-refractivity contribution in [3.05, 3.63) is 11.6 Å². The second-order valence-electron chi connectivity index (χ2n) is 6.94. The number of carbonyl (C=O) groups excluding carboxylic acids is 1. The maximum absolute atomic E-state index is 11.1. The molecule has 0 saturated heterocycles. The van der Waals surface area contributed by atoms with Crippen LogP contribution in [0, 0.1) is 0 Å². The second kappa shape index (κ2) is 14.5. The molecule has 2 heterocycles. The van der Waals surface area contributed by atoms with Gasteiger partial charge in [-0.1, -0.05) is 12.8 Å². The minimum absolute atomic E-state index is 0. The lowest BCUT2D eigenvalue weighted by atomic mass is 10.1. The molecule has 29 heavy (non-hydrogen) atoms. The number of methoxy groups -OCH3 is 2. The number of nitrogens with one attached hydrogen (secondary N) is 2. The van der Waals surface area contributed by atoms with Crippen molar-refractivity contribution >= 4 is 35.9 Å². The number of hydrogen-bond acceptors (Lipinski definition) is 6. The number of hydrogen-bond donors (Lipinski definition) is 2. The summed E-state index contributed by atoms with van der Waals surface area (Å²) >= 11 is 0. The first-order chi connectivity index (χ1) is 13.7. The molecule has 1 unspecified atom stereocenters. The van der Waals surface area contributed by atoms with Gasteiger partial charge in [0, 0.05) is 39.1 Å². The lowest BCUT2D eigenvalue weighted by molar-refractivity contribution is -0.140. The average molecular weight is 522 g/mol. The van der Waals surface area contributed by atoms with E-state index in [0.29, 0.717) is 13.0 Å². The number of guanidine groups is 1. The van der Waals surface area contributed by atoms with Gasteiger partial charge in [0.05, 0.1) is 13.7 Å². The minimum Gasteiger partial charge on any atom is -0.469 e. The maximum Gasteiger partial charge on any atom is 0.305 e. The quantitative estimate of drug-likeness (QED) is 0.151. The summed E-state index contributed by atoms with van der Waals surface area (Å²) in [7, 11) is 3.09. The standard InChI is InChI=1S/C19H34N6O3.HI/c1-4-20-19(21-12-8-6-5-7-9-18(26)28-3)22-15-10-11-17-23-16(14-27-2)24-25(17)13-15;/h15H,4-14H2,1-3H3,(H2,20,21,22);1H. The molecule has 0 aliphatic carbocycles. The minimum atomic E-state index is -0.131. The number of aryl methyl sites for hydroxylation is 1. The molecule has 1 aliphatic rings. The van der Waals surface area contributed by atoms with E-state index >= 15 is 0 Å². The first-order valence-corrected chi connectivity index (χ1v) is 10.2. The number of carbonyl (C=O) groups is 1. The third-order valence-electron chi connectivity index (χ3n) is 4.65. The molecule has 0 radical (unpaired) electrons. The molecule has 2 rings (SSSR count). The molecule has 10 heteroatoms. The zero-order valence-electron chi connectivity index (χ0n) is 17.8. The summed E-state index contributed by atoms with van der Waals surface area (Å²) in [4.78, 5) is 20.3. The monoisotopic (exact) mass is 522 g/mol. The van der Waals surface area contributed by atoms with Gasteiger partial charge in [-0.25, -0.2) is 9.67 Å². The van der Waals surface area contributed by atoms with Crippen LogP contribution in [0.4, 0.5) is 0 Å². The molecule has 9 nitrogen and oxygen atoms in total. The van der Waals surface area contributed by atoms with E-state index in [1.807, 2.05) is 4.68 Å². The molecule has 0 aromatic carbocycles. The van der Waals surface area contributed by atoms with Crippen molar-refractivity contribution in [2.75, 3.05) is 27.3 Å². The normalized spacial score (nSPS) is 16.0. The topological polar surface area (TPSA) is 103 Å². The van der Waals surface area contributed by atoms with E-state index in [4.69, 9.17) is 4.74 Å². The first-order valence-electron chi connectivity index (χ1n) is 10.2. The molecule has 2 N–H and O–H groups in total. The van der Waals surface area contributed by atoms with Gasteiger partial charge in [0.15, 0.2) is 11.8 Å². The van der Waals surface area contributed by atoms with Crippen molar-refractivity contribution in [1.29, 1.82) is 0 Å². The highest BCUT2D eigenvalue weighted by Gasteiger charge is 2.22. The van der Waals surface area contributed by atoms with Gasteiger partial charge in [0.25, 0.3) is 0 Å². The molecule has 0 spiro atoms. The van der Waals surface area contributed by atoms with Crippen LogP contribution in [-0.2, 0) is 33.8 Å². The van der Waals surface area contributed by atoms with E-state index in [0.717, 1.165) is 75.8 Å². The summed E-state index contributed by atoms with van der Waals surface area (Å²) in [5, 5.41) is 11.4. The van der Waals surface area contributed by atoms with Crippen LogP contribution in [0.2, 0.25) is 0 Å². The average Bonchev–Trinajstić information content (AvgIpc) is 3.09. The molecule has 1 aromatic rings. The predicted molar refractivity (Wildman–Crippen MR) is 122 cm³/mol. The molecule has 0 bridgehead atoms. The van der Waals surface area contributed by atoms with Crippen molar-refractivity contribution in [2.45, 2.75) is 71.1 Å². The fraction of sp³-hybridized carbons (Fsp3) is 0.789. The smallest absolute Gasteiger partial charge is 0.305 e. The SMILES string of the molecule is CCNC(=NCCCCCCC(=O)OC)NC1CCc2nc(COC)nn2C1.I. The largest absolute Gasteiger partial charge is 0.469 e. The first kappa shape index (κ1) is 25.6. The zero-order chi connectivity index (χ0) is 20.2. The van der Waals surface area contributed by atoms with Crippen LogP contribution in [0.15, 0.2) is 4.99 Å². The zero-order valence-corrected chi connectivity index (χ0v) is 20.1. The van der Waals surface area contributed by atoms with E-state index in [9.17, 15) is 4.79 Å². The number of aromatic nitrogens is 3. The van der Waals surface area contributed by atoms with Gasteiger partial charge in [-0.05, 0) is 26.2 Å². The Balaban J connectivity index is 0.00000420. The Bertz CT molecular complexity index is 637. The Morgan fingerprint density at radius 3 is 2.79 bits per heavy atom. The third kappa shape index (κ3) is 9.28. The van der Waals surface area contributed by atoms with Crippen LogP contribution < -0.4 is 10.6 Å². The molecular formula is C19H35IN6O3. The highest BCUT2D eigenvalue weighted by atomic mass is 127. The van der Waals surface area contributed by atoms with Crippen LogP contribution in [0.3, 0.4) is 0 Å². The molecule has 1 aromatic heterocycles. The number of ether oxygens (including phenoxy) is 2. The number of aliphatic imine (C=N–C) groups is 1. The summed E-state index contributed by atoms with van der Waals surface area (Å²) in [6, 6.07) is 0.280. The van der Waals surface area contributed by atoms with E-state index < -0.39 is 0 Å². The number of rotatable bonds is 11. The number of fused-ring (bicyclic) bond motifs is 1. The molecule has 0 saturated carbocycles. The molecule has 1 aliphatic heterocycles. The second-order valence-corrected chi connectivity index (χ2v) is 6.94. The number of halogens is 1. The molecule has 0 fully saturated rings. The Morgan fingerprint density at radius 2 is 2.07 bits per heavy atom. The van der Waals surface area contributed by atoms with Crippen LogP contribution in [0.1, 0.15) is 57.1 Å². The Morgan fingerprint density at radius 1 is 1.28 bits per heavy atom. The van der Waals surface area contributed by atoms with Gasteiger partial charge >= 0.3 is 5.97 Å². The fourth-order valence-electron chi connectivity index (χ4n) is 3.21. The maximum atomic E-state index is 11.1. The van der Waals surface area contributed by atoms with Gasteiger partial charge in [0.2, 0.25) is 0 Å². The van der Waals surface area contributed by atoms with Crippen LogP contribution in [0.25, 0.3) is 0 Å². The molecular weight excluding hydrogens is 487 g/mol. The lowest BCUT2D eigenvalue weighted by Gasteiger charge is -2.25. The van der Waals surface area contributed by atoms with E-state index in [2.05, 4.69) is 37.4 Å². The summed E-state index contributed by atoms with van der Waals surface area (Å²) in [6.45, 7) is 4.89. The predicted octanol–water partition coefficient (Wildman–Crippen LogP) is 2.04. The van der Waals surface area contributed by atoms with E-state index in [1.165, 1.54) is 7.11 Å². The van der Waals surface area contributed by atoms with Crippen LogP contribution in [0.5, 0.6) is 0 Å². The highest BCUT2D eigenvalue weighted by Crippen LogP contribution is 2.13. The van der Waals surface area contributed by atoms with Crippen molar-refractivity contribution in [1.82, 2.24) is 25.4 Å². The summed E-state index contributed by atoms with van der Waals surface area (Å²) < 4.78 is 11.7. The number of esters is 1. The molecule has 166 valence electrons. The molecule has 0 amide bonds. The molecule has 1 atom stereocenters. The van der Waals surface area contributed by atoms with Gasteiger partial charge in [-0.2, -0.15) is 5.10 Å². The number of unbranched alkanes of at least 4 members (excludes halogenated alkanes) is 3. The van der Waals surface area contributed by atoms with Crippen molar-refractivity contribution < 1.29 is 14.3 Å². The van der Waals surface area contributed by atoms with Crippen LogP contribution >= 0.6 is 24.0 Å². The number of nitrogens with zero attached hydrogens (tertiary/aromatic N) is 4. The van der Waals surface area contributed by atoms with E-state index in [-0.39, 0.29) is 36.0 Å². The Kier molecular flexibility index (Phi) is 12.8. The van der Waals surface area contributed by atoms with Gasteiger partial charge < -0.3 is 20.1 Å². The van der Waals surface area contributed by atoms with Crippen molar-refractivity contribution in [2.24, 2.45) is 4.99 Å². The third-order valence-corrected chi connectivity index (χ3v) is 4.65. The highest BCUT2D eigenvalue weighted by molar-refractivity contribution is 14.0. The van der Waals surface area contributed by atoms with Crippen molar-refractivity contribution in [3.8, 4) is 0 Å². The Hall–Kier alpha value is -1.43. The van der Waals surface area contributed by atoms with Gasteiger partial charge in [-0.15, -0.1) is 24.0 Å². The Labute approximate surface area is 190 Å². The summed E-state index contributed by atoms with van der Waals surface area (Å²) in [6.07, 6.45) is 6.38. The summed E-state index contributed by atoms with van der Waals surface area (Å²) in [5.41, 5.74) is 0. The summed E-state index contributed by atoms with van der Waals surface area (Å²) in [5.74, 6) is 2.49. The van der Waals surface area contributed by atoms with Crippen LogP contribution in [-0.4, -0.2) is 60.0 Å². The van der Waals surface area contributed by atoms with Gasteiger partial charge in [0.1, 0.15) is 12.4 Å². The lowest BCUT2D eigenvalue weighted by Crippen LogP contribution is -2.47. The fourth-order valence-corrected chi connectivity index (χ4v) is 3.21.